The van der Waals surface area contributed by atoms with Crippen molar-refractivity contribution in [2.75, 3.05) is 33.4 Å². The first-order valence-electron chi connectivity index (χ1n) is 12.0. The Balaban J connectivity index is 1.14. The number of likely N-dealkylation sites (tertiary alicyclic amines) is 1. The first-order valence-corrected chi connectivity index (χ1v) is 12.0. The maximum absolute atomic E-state index is 13.1. The van der Waals surface area contributed by atoms with Crippen molar-refractivity contribution >= 4 is 16.8 Å². The summed E-state index contributed by atoms with van der Waals surface area (Å²) in [6.45, 7) is 2.74. The topological polar surface area (TPSA) is 63.8 Å². The molecule has 2 aliphatic rings. The molecular weight excluding hydrogens is 435 g/mol. The van der Waals surface area contributed by atoms with Crippen molar-refractivity contribution in [1.82, 2.24) is 9.88 Å². The van der Waals surface area contributed by atoms with Crippen molar-refractivity contribution in [3.8, 4) is 11.5 Å². The third-order valence-corrected chi connectivity index (χ3v) is 7.22. The molecule has 3 heterocycles. The van der Waals surface area contributed by atoms with E-state index in [-0.39, 0.29) is 17.3 Å². The van der Waals surface area contributed by atoms with Gasteiger partial charge in [0.15, 0.2) is 0 Å². The fraction of sp³-hybridized carbons (Fsp3) is 0.444. The Morgan fingerprint density at radius 1 is 1.15 bits per heavy atom. The van der Waals surface area contributed by atoms with Gasteiger partial charge in [-0.2, -0.15) is 0 Å². The number of aromatic nitrogens is 1. The van der Waals surface area contributed by atoms with Crippen molar-refractivity contribution in [2.45, 2.75) is 37.7 Å². The molecule has 0 bridgehead atoms. The molecule has 0 aliphatic carbocycles. The standard InChI is InChI=1S/C27H31FN2O4/c1-32-23-6-7-24-20(16-23)17-25(29-24)26(31)30-12-10-27(11-13-30)18-19(9-15-34-27)8-14-33-22-4-2-21(28)3-5-22/h2-7,16-17,19,29H,8-15,18H2,1H3. The molecule has 6 nitrogen and oxygen atoms in total. The molecule has 5 rings (SSSR count). The van der Waals surface area contributed by atoms with E-state index >= 15 is 0 Å². The van der Waals surface area contributed by atoms with Gasteiger partial charge in [-0.25, -0.2) is 4.39 Å². The van der Waals surface area contributed by atoms with Crippen LogP contribution in [-0.4, -0.2) is 54.8 Å². The van der Waals surface area contributed by atoms with Crippen molar-refractivity contribution in [1.29, 1.82) is 0 Å². The minimum absolute atomic E-state index is 0.0325. The Morgan fingerprint density at radius 3 is 2.68 bits per heavy atom. The second kappa shape index (κ2) is 9.66. The molecule has 2 fully saturated rings. The van der Waals surface area contributed by atoms with E-state index in [2.05, 4.69) is 4.98 Å². The van der Waals surface area contributed by atoms with Gasteiger partial charge in [0.2, 0.25) is 0 Å². The number of benzene rings is 2. The van der Waals surface area contributed by atoms with E-state index < -0.39 is 0 Å². The van der Waals surface area contributed by atoms with Gasteiger partial charge in [-0.05, 0) is 86.6 Å². The first kappa shape index (κ1) is 22.7. The molecule has 7 heteroatoms. The zero-order valence-electron chi connectivity index (χ0n) is 19.5. The van der Waals surface area contributed by atoms with Crippen molar-refractivity contribution in [2.24, 2.45) is 5.92 Å². The van der Waals surface area contributed by atoms with Gasteiger partial charge in [-0.3, -0.25) is 4.79 Å². The third-order valence-electron chi connectivity index (χ3n) is 7.22. The van der Waals surface area contributed by atoms with Gasteiger partial charge < -0.3 is 24.1 Å². The number of nitrogens with zero attached hydrogens (tertiary/aromatic N) is 1. The predicted octanol–water partition coefficient (Wildman–Crippen LogP) is 5.19. The van der Waals surface area contributed by atoms with Crippen LogP contribution in [-0.2, 0) is 4.74 Å². The number of rotatable bonds is 6. The zero-order chi connectivity index (χ0) is 23.5. The molecule has 0 saturated carbocycles. The van der Waals surface area contributed by atoms with Gasteiger partial charge in [0.1, 0.15) is 23.0 Å². The number of hydrogen-bond acceptors (Lipinski definition) is 4. The molecule has 34 heavy (non-hydrogen) atoms. The Kier molecular flexibility index (Phi) is 6.46. The molecule has 1 spiro atoms. The van der Waals surface area contributed by atoms with Gasteiger partial charge in [-0.15, -0.1) is 0 Å². The van der Waals surface area contributed by atoms with Crippen LogP contribution in [0.2, 0.25) is 0 Å². The van der Waals surface area contributed by atoms with Crippen molar-refractivity contribution < 1.29 is 23.4 Å². The number of nitrogens with one attached hydrogen (secondary N) is 1. The van der Waals surface area contributed by atoms with E-state index in [4.69, 9.17) is 14.2 Å². The van der Waals surface area contributed by atoms with E-state index in [1.54, 1.807) is 19.2 Å². The number of hydrogen-bond donors (Lipinski definition) is 1. The summed E-state index contributed by atoms with van der Waals surface area (Å²) in [4.78, 5) is 18.3. The maximum Gasteiger partial charge on any atom is 0.270 e. The summed E-state index contributed by atoms with van der Waals surface area (Å²) in [5, 5.41) is 0.970. The fourth-order valence-electron chi connectivity index (χ4n) is 5.24. The average molecular weight is 467 g/mol. The quantitative estimate of drug-likeness (QED) is 0.543. The van der Waals surface area contributed by atoms with Crippen LogP contribution in [0.1, 0.15) is 42.6 Å². The van der Waals surface area contributed by atoms with Crippen LogP contribution >= 0.6 is 0 Å². The van der Waals surface area contributed by atoms with Gasteiger partial charge in [-0.1, -0.05) is 0 Å². The SMILES string of the molecule is COc1ccc2[nH]c(C(=O)N3CCC4(CC3)CC(CCOc3ccc(F)cc3)CCO4)cc2c1. The number of carbonyl (C=O) groups is 1. The number of piperidine rings is 1. The van der Waals surface area contributed by atoms with Gasteiger partial charge in [0.05, 0.1) is 19.3 Å². The van der Waals surface area contributed by atoms with Gasteiger partial charge in [0.25, 0.3) is 5.91 Å². The Bertz CT molecular complexity index is 1140. The van der Waals surface area contributed by atoms with E-state index in [9.17, 15) is 9.18 Å². The molecule has 1 N–H and O–H groups in total. The molecule has 2 aromatic carbocycles. The van der Waals surface area contributed by atoms with E-state index in [0.717, 1.165) is 55.4 Å². The average Bonchev–Trinajstić information content (AvgIpc) is 3.29. The second-order valence-electron chi connectivity index (χ2n) is 9.41. The Morgan fingerprint density at radius 2 is 1.91 bits per heavy atom. The Hall–Kier alpha value is -3.06. The highest BCUT2D eigenvalue weighted by molar-refractivity contribution is 5.98. The maximum atomic E-state index is 13.1. The molecule has 1 aromatic heterocycles. The number of ether oxygens (including phenoxy) is 3. The van der Waals surface area contributed by atoms with Crippen molar-refractivity contribution in [3.05, 3.63) is 60.0 Å². The summed E-state index contributed by atoms with van der Waals surface area (Å²) in [6.07, 6.45) is 4.66. The van der Waals surface area contributed by atoms with Crippen LogP contribution in [0.4, 0.5) is 4.39 Å². The predicted molar refractivity (Wildman–Crippen MR) is 128 cm³/mol. The zero-order valence-corrected chi connectivity index (χ0v) is 19.5. The number of amides is 1. The number of fused-ring (bicyclic) bond motifs is 1. The summed E-state index contributed by atoms with van der Waals surface area (Å²) in [5.74, 6) is 1.78. The smallest absolute Gasteiger partial charge is 0.270 e. The molecule has 1 atom stereocenters. The third kappa shape index (κ3) is 4.89. The normalized spacial score (nSPS) is 19.9. The number of methoxy groups -OCH3 is 1. The van der Waals surface area contributed by atoms with E-state index in [1.165, 1.54) is 12.1 Å². The van der Waals surface area contributed by atoms with Gasteiger partial charge >= 0.3 is 0 Å². The lowest BCUT2D eigenvalue weighted by Gasteiger charge is -2.46. The van der Waals surface area contributed by atoms with Crippen LogP contribution < -0.4 is 9.47 Å². The highest BCUT2D eigenvalue weighted by atomic mass is 19.1. The minimum Gasteiger partial charge on any atom is -0.497 e. The van der Waals surface area contributed by atoms with E-state index in [1.807, 2.05) is 29.2 Å². The highest BCUT2D eigenvalue weighted by Gasteiger charge is 2.41. The lowest BCUT2D eigenvalue weighted by molar-refractivity contribution is -0.125. The monoisotopic (exact) mass is 466 g/mol. The van der Waals surface area contributed by atoms with Crippen molar-refractivity contribution in [3.63, 3.8) is 0 Å². The first-order chi connectivity index (χ1) is 16.5. The van der Waals surface area contributed by atoms with Gasteiger partial charge in [0, 0.05) is 30.6 Å². The minimum atomic E-state index is -0.256. The molecule has 1 amide bonds. The lowest BCUT2D eigenvalue weighted by Crippen LogP contribution is -2.51. The molecule has 2 saturated heterocycles. The summed E-state index contributed by atoms with van der Waals surface area (Å²) in [7, 11) is 1.64. The molecule has 2 aliphatic heterocycles. The van der Waals surface area contributed by atoms with Crippen LogP contribution in [0.25, 0.3) is 10.9 Å². The van der Waals surface area contributed by atoms with E-state index in [0.29, 0.717) is 37.1 Å². The number of halogens is 1. The number of carbonyl (C=O) groups excluding carboxylic acids is 1. The second-order valence-corrected chi connectivity index (χ2v) is 9.41. The lowest BCUT2D eigenvalue weighted by atomic mass is 9.78. The largest absolute Gasteiger partial charge is 0.497 e. The summed E-state index contributed by atoms with van der Waals surface area (Å²) < 4.78 is 30.4. The Labute approximate surface area is 199 Å². The molecule has 3 aromatic rings. The van der Waals surface area contributed by atoms with Crippen LogP contribution in [0, 0.1) is 11.7 Å². The summed E-state index contributed by atoms with van der Waals surface area (Å²) in [5.41, 5.74) is 1.39. The molecule has 1 unspecified atom stereocenters. The fourth-order valence-corrected chi connectivity index (χ4v) is 5.24. The summed E-state index contributed by atoms with van der Waals surface area (Å²) >= 11 is 0. The number of H-pyrrole nitrogens is 1. The summed E-state index contributed by atoms with van der Waals surface area (Å²) in [6, 6.07) is 13.8. The van der Waals surface area contributed by atoms with Crippen LogP contribution in [0.15, 0.2) is 48.5 Å². The molecular formula is C27H31FN2O4. The molecule has 0 radical (unpaired) electrons. The van der Waals surface area contributed by atoms with Crippen LogP contribution in [0.5, 0.6) is 11.5 Å². The molecule has 180 valence electrons. The highest BCUT2D eigenvalue weighted by Crippen LogP contribution is 2.39. The van der Waals surface area contributed by atoms with Crippen LogP contribution in [0.3, 0.4) is 0 Å². The number of aromatic amines is 1.